The summed E-state index contributed by atoms with van der Waals surface area (Å²) in [5.74, 6) is -0.747. The van der Waals surface area contributed by atoms with Crippen molar-refractivity contribution >= 4 is 11.8 Å². The normalized spacial score (nSPS) is 26.1. The van der Waals surface area contributed by atoms with Crippen molar-refractivity contribution in [3.05, 3.63) is 0 Å². The maximum absolute atomic E-state index is 11.4. The Bertz CT molecular complexity index is 232. The van der Waals surface area contributed by atoms with Crippen LogP contribution in [0.3, 0.4) is 0 Å². The van der Waals surface area contributed by atoms with Gasteiger partial charge in [0.2, 0.25) is 11.8 Å². The van der Waals surface area contributed by atoms with E-state index in [4.69, 9.17) is 10.5 Å². The van der Waals surface area contributed by atoms with Gasteiger partial charge in [-0.2, -0.15) is 0 Å². The van der Waals surface area contributed by atoms with E-state index >= 15 is 0 Å². The molecule has 2 atom stereocenters. The number of ether oxygens (including phenoxy) is 1. The number of carbonyl (C=O) groups is 2. The van der Waals surface area contributed by atoms with E-state index in [0.717, 1.165) is 0 Å². The summed E-state index contributed by atoms with van der Waals surface area (Å²) in [7, 11) is 1.61. The zero-order valence-electron chi connectivity index (χ0n) is 8.08. The van der Waals surface area contributed by atoms with Crippen LogP contribution in [0.1, 0.15) is 6.42 Å². The first kappa shape index (κ1) is 10.9. The fraction of sp³-hybridized carbons (Fsp3) is 0.750. The summed E-state index contributed by atoms with van der Waals surface area (Å²) in [6, 6.07) is -0.278. The third-order valence-electron chi connectivity index (χ3n) is 2.18. The molecule has 0 aromatic carbocycles. The average molecular weight is 201 g/mol. The molecule has 1 fully saturated rings. The van der Waals surface area contributed by atoms with Crippen molar-refractivity contribution in [2.24, 2.45) is 5.73 Å². The van der Waals surface area contributed by atoms with Gasteiger partial charge in [-0.05, 0) is 6.42 Å². The van der Waals surface area contributed by atoms with Crippen LogP contribution in [0.5, 0.6) is 0 Å². The van der Waals surface area contributed by atoms with E-state index < -0.39 is 5.91 Å². The fourth-order valence-corrected chi connectivity index (χ4v) is 1.38. The Balaban J connectivity index is 2.28. The SMILES string of the molecule is COC1CNC(C(=O)NCC(N)=O)C1. The van der Waals surface area contributed by atoms with E-state index in [0.29, 0.717) is 13.0 Å². The molecule has 0 aliphatic carbocycles. The second-order valence-electron chi connectivity index (χ2n) is 3.24. The summed E-state index contributed by atoms with van der Waals surface area (Å²) in [5, 5.41) is 5.43. The number of rotatable bonds is 4. The molecule has 0 spiro atoms. The monoisotopic (exact) mass is 201 g/mol. The van der Waals surface area contributed by atoms with Crippen molar-refractivity contribution < 1.29 is 14.3 Å². The largest absolute Gasteiger partial charge is 0.380 e. The van der Waals surface area contributed by atoms with Crippen LogP contribution in [-0.4, -0.2) is 44.2 Å². The molecule has 0 radical (unpaired) electrons. The Hall–Kier alpha value is -1.14. The van der Waals surface area contributed by atoms with Crippen molar-refractivity contribution in [2.45, 2.75) is 18.6 Å². The minimum absolute atomic E-state index is 0.0688. The molecule has 2 unspecified atom stereocenters. The predicted octanol–water partition coefficient (Wildman–Crippen LogP) is -2.04. The lowest BCUT2D eigenvalue weighted by atomic mass is 10.2. The standard InChI is InChI=1S/C8H15N3O3/c1-14-5-2-6(10-3-5)8(13)11-4-7(9)12/h5-6,10H,2-4H2,1H3,(H2,9,12)(H,11,13). The summed E-state index contributed by atoms with van der Waals surface area (Å²) >= 11 is 0. The van der Waals surface area contributed by atoms with Crippen LogP contribution in [-0.2, 0) is 14.3 Å². The lowest BCUT2D eigenvalue weighted by Crippen LogP contribution is -2.43. The maximum atomic E-state index is 11.4. The minimum Gasteiger partial charge on any atom is -0.380 e. The number of primary amides is 1. The molecule has 2 amide bonds. The topological polar surface area (TPSA) is 93.4 Å². The Morgan fingerprint density at radius 2 is 2.36 bits per heavy atom. The highest BCUT2D eigenvalue weighted by molar-refractivity contribution is 5.86. The van der Waals surface area contributed by atoms with Crippen molar-refractivity contribution in [1.29, 1.82) is 0 Å². The number of nitrogens with two attached hydrogens (primary N) is 1. The van der Waals surface area contributed by atoms with Crippen LogP contribution in [0.4, 0.5) is 0 Å². The van der Waals surface area contributed by atoms with Crippen molar-refractivity contribution in [3.8, 4) is 0 Å². The molecule has 0 aromatic rings. The molecule has 0 saturated carbocycles. The van der Waals surface area contributed by atoms with Gasteiger partial charge < -0.3 is 21.1 Å². The van der Waals surface area contributed by atoms with Gasteiger partial charge in [0.1, 0.15) is 0 Å². The number of amides is 2. The smallest absolute Gasteiger partial charge is 0.237 e. The highest BCUT2D eigenvalue weighted by Gasteiger charge is 2.28. The van der Waals surface area contributed by atoms with Gasteiger partial charge >= 0.3 is 0 Å². The van der Waals surface area contributed by atoms with Gasteiger partial charge in [0, 0.05) is 13.7 Å². The molecule has 1 aliphatic heterocycles. The van der Waals surface area contributed by atoms with Crippen LogP contribution in [0, 0.1) is 0 Å². The van der Waals surface area contributed by atoms with Crippen molar-refractivity contribution in [2.75, 3.05) is 20.2 Å². The van der Waals surface area contributed by atoms with Crippen molar-refractivity contribution in [3.63, 3.8) is 0 Å². The van der Waals surface area contributed by atoms with Gasteiger partial charge in [0.05, 0.1) is 18.7 Å². The van der Waals surface area contributed by atoms with E-state index in [9.17, 15) is 9.59 Å². The molecule has 1 heterocycles. The Labute approximate surface area is 82.2 Å². The first-order valence-corrected chi connectivity index (χ1v) is 4.45. The van der Waals surface area contributed by atoms with Crippen LogP contribution < -0.4 is 16.4 Å². The number of hydrogen-bond acceptors (Lipinski definition) is 4. The predicted molar refractivity (Wildman–Crippen MR) is 49.4 cm³/mol. The Morgan fingerprint density at radius 3 is 2.86 bits per heavy atom. The summed E-state index contributed by atoms with van der Waals surface area (Å²) in [5.41, 5.74) is 4.89. The molecular weight excluding hydrogens is 186 g/mol. The zero-order chi connectivity index (χ0) is 10.6. The van der Waals surface area contributed by atoms with Gasteiger partial charge in [0.25, 0.3) is 0 Å². The van der Waals surface area contributed by atoms with Gasteiger partial charge in [-0.1, -0.05) is 0 Å². The molecule has 4 N–H and O–H groups in total. The van der Waals surface area contributed by atoms with E-state index in [1.54, 1.807) is 7.11 Å². The van der Waals surface area contributed by atoms with Crippen molar-refractivity contribution in [1.82, 2.24) is 10.6 Å². The van der Waals surface area contributed by atoms with Gasteiger partial charge in [-0.15, -0.1) is 0 Å². The number of methoxy groups -OCH3 is 1. The molecule has 14 heavy (non-hydrogen) atoms. The summed E-state index contributed by atoms with van der Waals surface area (Å²) in [6.07, 6.45) is 0.695. The molecular formula is C8H15N3O3. The molecule has 6 nitrogen and oxygen atoms in total. The van der Waals surface area contributed by atoms with E-state index in [1.807, 2.05) is 0 Å². The molecule has 6 heteroatoms. The lowest BCUT2D eigenvalue weighted by molar-refractivity contribution is -0.126. The quantitative estimate of drug-likeness (QED) is 0.488. The Kier molecular flexibility index (Phi) is 3.84. The first-order chi connectivity index (χ1) is 6.63. The van der Waals surface area contributed by atoms with Crippen LogP contribution in [0.15, 0.2) is 0 Å². The third kappa shape index (κ3) is 2.97. The van der Waals surface area contributed by atoms with E-state index in [2.05, 4.69) is 10.6 Å². The summed E-state index contributed by atoms with van der Waals surface area (Å²) < 4.78 is 5.08. The highest BCUT2D eigenvalue weighted by atomic mass is 16.5. The number of nitrogens with one attached hydrogen (secondary N) is 2. The van der Waals surface area contributed by atoms with Gasteiger partial charge in [-0.3, -0.25) is 9.59 Å². The highest BCUT2D eigenvalue weighted by Crippen LogP contribution is 2.08. The zero-order valence-corrected chi connectivity index (χ0v) is 8.08. The van der Waals surface area contributed by atoms with Crippen LogP contribution >= 0.6 is 0 Å². The molecule has 0 bridgehead atoms. The van der Waals surface area contributed by atoms with E-state index in [1.165, 1.54) is 0 Å². The van der Waals surface area contributed by atoms with Crippen LogP contribution in [0.2, 0.25) is 0 Å². The molecule has 1 aliphatic rings. The van der Waals surface area contributed by atoms with Crippen LogP contribution in [0.25, 0.3) is 0 Å². The minimum atomic E-state index is -0.542. The molecule has 1 rings (SSSR count). The Morgan fingerprint density at radius 1 is 1.64 bits per heavy atom. The maximum Gasteiger partial charge on any atom is 0.237 e. The van der Waals surface area contributed by atoms with Gasteiger partial charge in [-0.25, -0.2) is 0 Å². The molecule has 0 aromatic heterocycles. The second-order valence-corrected chi connectivity index (χ2v) is 3.24. The number of carbonyl (C=O) groups excluding carboxylic acids is 2. The average Bonchev–Trinajstić information content (AvgIpc) is 2.62. The fourth-order valence-electron chi connectivity index (χ4n) is 1.38. The van der Waals surface area contributed by atoms with Gasteiger partial charge in [0.15, 0.2) is 0 Å². The third-order valence-corrected chi connectivity index (χ3v) is 2.18. The molecule has 80 valence electrons. The first-order valence-electron chi connectivity index (χ1n) is 4.45. The number of hydrogen-bond donors (Lipinski definition) is 3. The summed E-state index contributed by atoms with van der Waals surface area (Å²) in [6.45, 7) is 0.541. The second kappa shape index (κ2) is 4.92. The van der Waals surface area contributed by atoms with E-state index in [-0.39, 0.29) is 24.6 Å². The lowest BCUT2D eigenvalue weighted by Gasteiger charge is -2.09. The molecule has 1 saturated heterocycles. The summed E-state index contributed by atoms with van der Waals surface area (Å²) in [4.78, 5) is 21.8.